The molecule has 1 heterocycles. The van der Waals surface area contributed by atoms with Crippen LogP contribution >= 0.6 is 0 Å². The van der Waals surface area contributed by atoms with Crippen LogP contribution in [-0.2, 0) is 0 Å². The number of allylic oxidation sites excluding steroid dienone is 4. The quantitative estimate of drug-likeness (QED) is 0.395. The van der Waals surface area contributed by atoms with E-state index in [2.05, 4.69) is 21.9 Å². The number of methoxy groups -OCH3 is 4. The molecule has 8 nitrogen and oxygen atoms in total. The van der Waals surface area contributed by atoms with Crippen LogP contribution in [0, 0.1) is 0 Å². The Kier molecular flexibility index (Phi) is 9.70. The Balaban J connectivity index is 2.26. The van der Waals surface area contributed by atoms with Crippen LogP contribution in [0.15, 0.2) is 71.5 Å². The van der Waals surface area contributed by atoms with Crippen molar-refractivity contribution in [2.45, 2.75) is 13.3 Å². The highest BCUT2D eigenvalue weighted by molar-refractivity contribution is 5.99. The number of amides is 1. The van der Waals surface area contributed by atoms with Crippen LogP contribution in [0.1, 0.15) is 23.7 Å². The van der Waals surface area contributed by atoms with Crippen molar-refractivity contribution in [1.82, 2.24) is 10.3 Å². The number of carbonyl (C=O) groups excluding carboxylic acids is 1. The van der Waals surface area contributed by atoms with Crippen LogP contribution < -0.4 is 24.3 Å². The summed E-state index contributed by atoms with van der Waals surface area (Å²) in [5.41, 5.74) is 1.72. The third-order valence-corrected chi connectivity index (χ3v) is 4.64. The summed E-state index contributed by atoms with van der Waals surface area (Å²) in [6, 6.07) is 6.83. The Morgan fingerprint density at radius 3 is 2.36 bits per heavy atom. The first-order valence-corrected chi connectivity index (χ1v) is 10.2. The van der Waals surface area contributed by atoms with Gasteiger partial charge in [-0.2, -0.15) is 0 Å². The number of benzene rings is 1. The molecule has 0 atom stereocenters. The first-order chi connectivity index (χ1) is 16.0. The maximum absolute atomic E-state index is 12.9. The molecule has 8 heteroatoms. The molecule has 2 rings (SSSR count). The van der Waals surface area contributed by atoms with Gasteiger partial charge in [-0.3, -0.25) is 4.79 Å². The lowest BCUT2D eigenvalue weighted by atomic mass is 10.1. The number of aromatic nitrogens is 1. The average Bonchev–Trinajstić information content (AvgIpc) is 2.86. The molecule has 174 valence electrons. The van der Waals surface area contributed by atoms with Crippen LogP contribution in [0.3, 0.4) is 0 Å². The monoisotopic (exact) mass is 451 g/mol. The lowest BCUT2D eigenvalue weighted by molar-refractivity contribution is 0.0963. The van der Waals surface area contributed by atoms with Gasteiger partial charge in [0, 0.05) is 18.1 Å². The van der Waals surface area contributed by atoms with Crippen LogP contribution in [0.4, 0.5) is 5.82 Å². The number of hydrogen-bond acceptors (Lipinski definition) is 7. The number of nitrogens with one attached hydrogen (secondary N) is 1. The number of nitrogens with zero attached hydrogens (tertiary/aromatic N) is 2. The normalized spacial score (nSPS) is 11.8. The Morgan fingerprint density at radius 1 is 1.03 bits per heavy atom. The van der Waals surface area contributed by atoms with Gasteiger partial charge in [-0.1, -0.05) is 19.6 Å². The Labute approximate surface area is 194 Å². The second-order valence-corrected chi connectivity index (χ2v) is 6.54. The minimum Gasteiger partial charge on any atom is -0.493 e. The van der Waals surface area contributed by atoms with E-state index in [1.807, 2.05) is 13.0 Å². The topological polar surface area (TPSA) is 91.3 Å². The lowest BCUT2D eigenvalue weighted by Crippen LogP contribution is -2.22. The molecule has 0 aliphatic carbocycles. The molecule has 2 aromatic rings. The van der Waals surface area contributed by atoms with E-state index in [-0.39, 0.29) is 11.7 Å². The Hall–Kier alpha value is -4.07. The number of ether oxygens (including phenoxy) is 4. The molecule has 0 aliphatic heterocycles. The summed E-state index contributed by atoms with van der Waals surface area (Å²) in [7, 11) is 6.03. The largest absolute Gasteiger partial charge is 0.493 e. The molecule has 0 saturated carbocycles. The number of rotatable bonds is 11. The van der Waals surface area contributed by atoms with E-state index < -0.39 is 0 Å². The third kappa shape index (κ3) is 6.46. The molecule has 33 heavy (non-hydrogen) atoms. The van der Waals surface area contributed by atoms with E-state index in [0.717, 1.165) is 12.0 Å². The number of carbonyl (C=O) groups is 1. The van der Waals surface area contributed by atoms with Gasteiger partial charge in [-0.05, 0) is 48.4 Å². The van der Waals surface area contributed by atoms with Gasteiger partial charge in [-0.15, -0.1) is 0 Å². The van der Waals surface area contributed by atoms with Gasteiger partial charge in [0.1, 0.15) is 0 Å². The summed E-state index contributed by atoms with van der Waals surface area (Å²) in [5, 5.41) is 2.82. The van der Waals surface area contributed by atoms with Crippen molar-refractivity contribution >= 4 is 17.9 Å². The van der Waals surface area contributed by atoms with E-state index in [1.54, 1.807) is 55.9 Å². The minimum atomic E-state index is -0.378. The predicted molar refractivity (Wildman–Crippen MR) is 129 cm³/mol. The Bertz CT molecular complexity index is 1070. The molecular weight excluding hydrogens is 422 g/mol. The lowest BCUT2D eigenvalue weighted by Gasteiger charge is -2.15. The van der Waals surface area contributed by atoms with E-state index in [0.29, 0.717) is 34.3 Å². The van der Waals surface area contributed by atoms with Crippen molar-refractivity contribution < 1.29 is 23.7 Å². The van der Waals surface area contributed by atoms with Crippen molar-refractivity contribution in [3.63, 3.8) is 0 Å². The molecule has 0 unspecified atom stereocenters. The fraction of sp³-hybridized carbons (Fsp3) is 0.240. The smallest absolute Gasteiger partial charge is 0.259 e. The molecule has 0 aliphatic rings. The molecular formula is C25H29N3O5. The summed E-state index contributed by atoms with van der Waals surface area (Å²) in [6.45, 7) is 5.79. The van der Waals surface area contributed by atoms with Crippen molar-refractivity contribution in [3.8, 4) is 23.0 Å². The zero-order valence-electron chi connectivity index (χ0n) is 19.5. The minimum absolute atomic E-state index is 0.277. The van der Waals surface area contributed by atoms with Crippen LogP contribution in [-0.4, -0.2) is 45.5 Å². The maximum atomic E-state index is 12.9. The van der Waals surface area contributed by atoms with Crippen LogP contribution in [0.5, 0.6) is 23.0 Å². The van der Waals surface area contributed by atoms with Gasteiger partial charge in [0.05, 0.1) is 34.0 Å². The summed E-state index contributed by atoms with van der Waals surface area (Å²) >= 11 is 0. The Morgan fingerprint density at radius 2 is 1.76 bits per heavy atom. The molecule has 0 saturated heterocycles. The highest BCUT2D eigenvalue weighted by Crippen LogP contribution is 2.39. The number of aliphatic imine (C=N–C) groups is 1. The molecule has 1 amide bonds. The molecule has 0 bridgehead atoms. The van der Waals surface area contributed by atoms with Crippen LogP contribution in [0.2, 0.25) is 0 Å². The second-order valence-electron chi connectivity index (χ2n) is 6.54. The van der Waals surface area contributed by atoms with Gasteiger partial charge in [0.2, 0.25) is 5.75 Å². The fourth-order valence-electron chi connectivity index (χ4n) is 2.87. The van der Waals surface area contributed by atoms with E-state index in [4.69, 9.17) is 18.9 Å². The highest BCUT2D eigenvalue weighted by atomic mass is 16.5. The van der Waals surface area contributed by atoms with Gasteiger partial charge >= 0.3 is 0 Å². The summed E-state index contributed by atoms with van der Waals surface area (Å²) < 4.78 is 21.3. The first kappa shape index (κ1) is 25.2. The summed E-state index contributed by atoms with van der Waals surface area (Å²) in [5.74, 6) is 1.77. The molecule has 0 radical (unpaired) electrons. The van der Waals surface area contributed by atoms with Crippen molar-refractivity contribution in [3.05, 3.63) is 72.1 Å². The molecule has 1 aromatic heterocycles. The SMILES string of the molecule is C=C\C(=C/C=C(/C=N/c1ncccc1OC)CC)NC(=O)c1ccc(OC)c(OC)c1OC. The number of hydrogen-bond donors (Lipinski definition) is 1. The van der Waals surface area contributed by atoms with Gasteiger partial charge in [-0.25, -0.2) is 9.98 Å². The van der Waals surface area contributed by atoms with E-state index in [1.165, 1.54) is 21.3 Å². The van der Waals surface area contributed by atoms with Crippen molar-refractivity contribution in [2.75, 3.05) is 28.4 Å². The fourth-order valence-corrected chi connectivity index (χ4v) is 2.87. The van der Waals surface area contributed by atoms with Crippen molar-refractivity contribution in [2.24, 2.45) is 4.99 Å². The van der Waals surface area contributed by atoms with Gasteiger partial charge in [0.25, 0.3) is 5.91 Å². The molecule has 0 fully saturated rings. The van der Waals surface area contributed by atoms with Gasteiger partial charge in [0.15, 0.2) is 23.1 Å². The average molecular weight is 452 g/mol. The number of pyridine rings is 1. The zero-order chi connectivity index (χ0) is 24.2. The summed E-state index contributed by atoms with van der Waals surface area (Å²) in [6.07, 6.45) is 9.23. The third-order valence-electron chi connectivity index (χ3n) is 4.64. The first-order valence-electron chi connectivity index (χ1n) is 10.2. The standard InChI is InChI=1S/C25H29N3O5/c1-7-17(16-27-24-21(31-4)10-9-15-26-24)11-12-18(8-2)28-25(29)19-13-14-20(30-3)23(33-6)22(19)32-5/h8-16H,2,7H2,1,3-6H3,(H,28,29)/b17-11+,18-12+,27-16+. The molecule has 0 spiro atoms. The molecule has 1 N–H and O–H groups in total. The van der Waals surface area contributed by atoms with E-state index >= 15 is 0 Å². The van der Waals surface area contributed by atoms with Crippen LogP contribution in [0.25, 0.3) is 0 Å². The highest BCUT2D eigenvalue weighted by Gasteiger charge is 2.20. The second kappa shape index (κ2) is 12.7. The predicted octanol–water partition coefficient (Wildman–Crippen LogP) is 4.65. The molecule has 1 aromatic carbocycles. The van der Waals surface area contributed by atoms with Gasteiger partial charge < -0.3 is 24.3 Å². The van der Waals surface area contributed by atoms with Crippen molar-refractivity contribution in [1.29, 1.82) is 0 Å². The zero-order valence-corrected chi connectivity index (χ0v) is 19.5. The van der Waals surface area contributed by atoms with E-state index in [9.17, 15) is 4.79 Å². The maximum Gasteiger partial charge on any atom is 0.259 e. The summed E-state index contributed by atoms with van der Waals surface area (Å²) in [4.78, 5) is 21.5.